The van der Waals surface area contributed by atoms with Gasteiger partial charge in [0.2, 0.25) is 0 Å². The molecule has 0 radical (unpaired) electrons. The molecule has 0 fully saturated rings. The smallest absolute Gasteiger partial charge is 0.500 e. The molecule has 0 saturated heterocycles. The Morgan fingerprint density at radius 3 is 1.60 bits per heavy atom. The number of aryl methyl sites for hydroxylation is 2. The third-order valence-corrected chi connectivity index (χ3v) is 11.1. The second kappa shape index (κ2) is 17.3. The summed E-state index contributed by atoms with van der Waals surface area (Å²) < 4.78 is 44.0. The minimum atomic E-state index is -2.45. The molecule has 4 aromatic heterocycles. The number of aromatic nitrogens is 3. The van der Waals surface area contributed by atoms with E-state index in [1.807, 2.05) is 122 Å². The summed E-state index contributed by atoms with van der Waals surface area (Å²) in [5.74, 6) is 0. The minimum Gasteiger partial charge on any atom is -0.500 e. The summed E-state index contributed by atoms with van der Waals surface area (Å²) in [6.45, 7) is 8.66. The Hall–Kier alpha value is -6.00. The van der Waals surface area contributed by atoms with Crippen molar-refractivity contribution in [1.29, 1.82) is 0 Å². The van der Waals surface area contributed by atoms with E-state index in [-0.39, 0.29) is 42.1 Å². The number of hydrogen-bond acceptors (Lipinski definition) is 4. The number of para-hydroxylation sites is 1. The normalized spacial score (nSPS) is 13.3. The number of nitrogens with zero attached hydrogens (tertiary/aromatic N) is 3. The maximum Gasteiger partial charge on any atom is 3.00 e. The Morgan fingerprint density at radius 1 is 0.517 bits per heavy atom. The third kappa shape index (κ3) is 8.94. The van der Waals surface area contributed by atoms with Crippen molar-refractivity contribution in [1.82, 2.24) is 15.0 Å². The van der Waals surface area contributed by atoms with Gasteiger partial charge in [0.1, 0.15) is 0 Å². The van der Waals surface area contributed by atoms with E-state index in [2.05, 4.69) is 69.1 Å². The zero-order chi connectivity index (χ0) is 44.0. The van der Waals surface area contributed by atoms with Crippen LogP contribution >= 0.6 is 0 Å². The molecule has 0 spiro atoms. The minimum absolute atomic E-state index is 0. The Labute approximate surface area is 372 Å². The monoisotopic (exact) mass is 961 g/mol. The molecule has 0 bridgehead atoms. The molecule has 0 amide bonds. The first kappa shape index (κ1) is 35.9. The van der Waals surface area contributed by atoms with Gasteiger partial charge in [-0.2, -0.15) is 0 Å². The van der Waals surface area contributed by atoms with Gasteiger partial charge >= 0.3 is 20.1 Å². The van der Waals surface area contributed by atoms with Gasteiger partial charge in [-0.25, -0.2) is 0 Å². The van der Waals surface area contributed by atoms with Crippen LogP contribution in [0.3, 0.4) is 0 Å². The summed E-state index contributed by atoms with van der Waals surface area (Å²) in [7, 11) is 0. The van der Waals surface area contributed by atoms with Crippen LogP contribution in [0.15, 0.2) is 163 Å². The molecule has 4 nitrogen and oxygen atoms in total. The zero-order valence-electron chi connectivity index (χ0n) is 38.0. The number of rotatable bonds is 12. The van der Waals surface area contributed by atoms with E-state index >= 15 is 0 Å². The quantitative estimate of drug-likeness (QED) is 0.115. The predicted octanol–water partition coefficient (Wildman–Crippen LogP) is 13.0. The standard InChI is InChI=1S/C55H46N3O.Ir/c1-54(2,45-23-26-49(57-36-45)42-13-7-5-8-14-42)33-40-29-39(30-41(31-40)34-55(3,4)46-24-27-50(58-37-46)43-15-9-6-10-16-43)20-19-38-21-25-51(56-35-38)44-22-28-53-48(32-44)47-17-11-12-18-52(47)59-53;/h5-13,15,17-18,21-31,35-37H,19-20,33-34H2,1-4H3;/q-3;+3/i19D2,20D2;. The molecule has 5 heteroatoms. The SMILES string of the molecule is [2H]C([2H])(c1ccc(-c2[c-]c3c(cc2)oc2ccccc23)nc1)C([2H])([2H])c1cc(CC(C)(C)c2ccc(-c3[c-]cccc3)nc2)cc(CC(C)(C)c2ccc(-c3[c-]cccc3)nc2)c1.[Ir+3]. The van der Waals surface area contributed by atoms with Crippen LogP contribution in [0.1, 0.15) is 66.6 Å². The van der Waals surface area contributed by atoms with E-state index in [1.165, 1.54) is 6.20 Å². The van der Waals surface area contributed by atoms with Gasteiger partial charge in [0, 0.05) is 29.8 Å². The number of hydrogen-bond donors (Lipinski definition) is 0. The van der Waals surface area contributed by atoms with Gasteiger partial charge in [0.05, 0.1) is 11.2 Å². The second-order valence-corrected chi connectivity index (χ2v) is 16.5. The van der Waals surface area contributed by atoms with Crippen molar-refractivity contribution in [2.45, 2.75) is 64.1 Å². The fraction of sp³-hybridized carbons (Fsp3) is 0.182. The van der Waals surface area contributed by atoms with Crippen LogP contribution in [0.5, 0.6) is 0 Å². The number of benzene rings is 5. The number of furan rings is 1. The Kier molecular flexibility index (Phi) is 10.4. The zero-order valence-corrected chi connectivity index (χ0v) is 36.4. The Morgan fingerprint density at radius 2 is 1.05 bits per heavy atom. The maximum atomic E-state index is 9.59. The van der Waals surface area contributed by atoms with Gasteiger partial charge in [-0.3, -0.25) is 4.98 Å². The van der Waals surface area contributed by atoms with Gasteiger partial charge in [-0.15, -0.1) is 83.9 Å². The summed E-state index contributed by atoms with van der Waals surface area (Å²) in [6, 6.07) is 54.5. The first-order valence-corrected chi connectivity index (χ1v) is 20.0. The van der Waals surface area contributed by atoms with Gasteiger partial charge < -0.3 is 14.4 Å². The molecule has 0 aliphatic carbocycles. The first-order valence-electron chi connectivity index (χ1n) is 22.0. The molecule has 9 aromatic rings. The first-order chi connectivity index (χ1) is 30.2. The molecule has 296 valence electrons. The van der Waals surface area contributed by atoms with E-state index in [4.69, 9.17) is 14.4 Å². The van der Waals surface area contributed by atoms with Crippen LogP contribution in [0.2, 0.25) is 0 Å². The van der Waals surface area contributed by atoms with Crippen LogP contribution in [-0.2, 0) is 56.5 Å². The average molecular weight is 961 g/mol. The third-order valence-electron chi connectivity index (χ3n) is 11.1. The molecule has 0 aliphatic rings. The Bertz CT molecular complexity index is 2930. The molecule has 0 aliphatic heterocycles. The summed E-state index contributed by atoms with van der Waals surface area (Å²) in [4.78, 5) is 14.2. The van der Waals surface area contributed by atoms with Crippen molar-refractivity contribution in [2.75, 3.05) is 0 Å². The van der Waals surface area contributed by atoms with Gasteiger partial charge in [0.25, 0.3) is 0 Å². The van der Waals surface area contributed by atoms with E-state index in [0.717, 1.165) is 72.3 Å². The van der Waals surface area contributed by atoms with Crippen molar-refractivity contribution in [3.8, 4) is 33.8 Å². The summed E-state index contributed by atoms with van der Waals surface area (Å²) in [5.41, 5.74) is 9.89. The number of fused-ring (bicyclic) bond motifs is 3. The van der Waals surface area contributed by atoms with E-state index in [0.29, 0.717) is 18.5 Å². The molecule has 4 heterocycles. The number of pyridine rings is 3. The molecular weight excluding hydrogens is 911 g/mol. The van der Waals surface area contributed by atoms with Crippen LogP contribution in [0.25, 0.3) is 55.7 Å². The van der Waals surface area contributed by atoms with Gasteiger partial charge in [-0.05, 0) is 92.6 Å². The van der Waals surface area contributed by atoms with Crippen LogP contribution in [-0.4, -0.2) is 15.0 Å². The molecule has 0 unspecified atom stereocenters. The second-order valence-electron chi connectivity index (χ2n) is 16.5. The van der Waals surface area contributed by atoms with Gasteiger partial charge in [0.15, 0.2) is 0 Å². The predicted molar refractivity (Wildman–Crippen MR) is 240 cm³/mol. The molecule has 9 rings (SSSR count). The Balaban J connectivity index is 0.00000560. The average Bonchev–Trinajstić information content (AvgIpc) is 3.67. The topological polar surface area (TPSA) is 51.8 Å². The maximum absolute atomic E-state index is 9.59. The van der Waals surface area contributed by atoms with Gasteiger partial charge in [-0.1, -0.05) is 118 Å². The van der Waals surface area contributed by atoms with Crippen LogP contribution < -0.4 is 0 Å². The summed E-state index contributed by atoms with van der Waals surface area (Å²) in [5, 5.41) is 1.80. The summed E-state index contributed by atoms with van der Waals surface area (Å²) in [6.07, 6.45) is 1.52. The molecule has 0 atom stereocenters. The van der Waals surface area contributed by atoms with E-state index in [9.17, 15) is 5.48 Å². The van der Waals surface area contributed by atoms with Crippen molar-refractivity contribution < 1.29 is 30.0 Å². The molecule has 0 N–H and O–H groups in total. The molecular formula is C55H46IrN3O. The molecule has 5 aromatic carbocycles. The molecule has 60 heavy (non-hydrogen) atoms. The van der Waals surface area contributed by atoms with Crippen molar-refractivity contribution >= 4 is 21.9 Å². The van der Waals surface area contributed by atoms with Crippen molar-refractivity contribution in [3.63, 3.8) is 0 Å². The fourth-order valence-corrected chi connectivity index (χ4v) is 7.84. The van der Waals surface area contributed by atoms with Crippen molar-refractivity contribution in [2.24, 2.45) is 0 Å². The largest absolute Gasteiger partial charge is 3.00 e. The van der Waals surface area contributed by atoms with E-state index in [1.54, 1.807) is 12.1 Å². The fourth-order valence-electron chi connectivity index (χ4n) is 7.84. The van der Waals surface area contributed by atoms with Crippen LogP contribution in [0, 0.1) is 18.2 Å². The summed E-state index contributed by atoms with van der Waals surface area (Å²) >= 11 is 0. The molecule has 0 saturated carbocycles. The van der Waals surface area contributed by atoms with E-state index < -0.39 is 12.7 Å². The van der Waals surface area contributed by atoms with Crippen molar-refractivity contribution in [3.05, 3.63) is 210 Å². The van der Waals surface area contributed by atoms with Crippen LogP contribution in [0.4, 0.5) is 0 Å².